The lowest BCUT2D eigenvalue weighted by Gasteiger charge is -2.14. The Labute approximate surface area is 91.5 Å². The Bertz CT molecular complexity index is 276. The van der Waals surface area contributed by atoms with Crippen molar-refractivity contribution in [3.05, 3.63) is 29.8 Å². The molecular weight excluding hydrogens is 198 g/mol. The molecule has 0 fully saturated rings. The third kappa shape index (κ3) is 3.99. The van der Waals surface area contributed by atoms with Gasteiger partial charge in [0, 0.05) is 6.04 Å². The van der Waals surface area contributed by atoms with Gasteiger partial charge in [-0.05, 0) is 30.0 Å². The summed E-state index contributed by atoms with van der Waals surface area (Å²) in [7, 11) is 0. The first-order valence-electron chi connectivity index (χ1n) is 4.64. The van der Waals surface area contributed by atoms with Crippen LogP contribution in [0, 0.1) is 5.92 Å². The van der Waals surface area contributed by atoms with Crippen LogP contribution in [0.25, 0.3) is 0 Å². The van der Waals surface area contributed by atoms with Crippen molar-refractivity contribution in [1.29, 1.82) is 0 Å². The number of phenolic OH excluding ortho intramolecular Hbond substituents is 1. The zero-order valence-corrected chi connectivity index (χ0v) is 9.42. The standard InChI is InChI=1S/C11H17NO.ClH/c1-8(2)6-11(12)9-4-3-5-10(13)7-9;/h3-5,7-8,11,13H,6,12H2,1-2H3;1H/t11-;/m0./s1. The van der Waals surface area contributed by atoms with E-state index in [1.54, 1.807) is 12.1 Å². The molecule has 0 saturated carbocycles. The molecule has 0 heterocycles. The van der Waals surface area contributed by atoms with Crippen molar-refractivity contribution in [1.82, 2.24) is 0 Å². The molecule has 0 aliphatic rings. The fraction of sp³-hybridized carbons (Fsp3) is 0.455. The second-order valence-electron chi connectivity index (χ2n) is 3.83. The predicted molar refractivity (Wildman–Crippen MR) is 61.7 cm³/mol. The van der Waals surface area contributed by atoms with Crippen LogP contribution in [0.1, 0.15) is 31.9 Å². The summed E-state index contributed by atoms with van der Waals surface area (Å²) in [6.45, 7) is 4.28. The first-order chi connectivity index (χ1) is 6.09. The molecule has 2 nitrogen and oxygen atoms in total. The molecule has 0 aliphatic carbocycles. The Morgan fingerprint density at radius 2 is 2.00 bits per heavy atom. The van der Waals surface area contributed by atoms with Crippen LogP contribution < -0.4 is 5.73 Å². The first kappa shape index (κ1) is 13.3. The molecule has 1 aromatic carbocycles. The van der Waals surface area contributed by atoms with Crippen molar-refractivity contribution < 1.29 is 5.11 Å². The minimum Gasteiger partial charge on any atom is -0.508 e. The van der Waals surface area contributed by atoms with Crippen LogP contribution in [0.3, 0.4) is 0 Å². The maximum Gasteiger partial charge on any atom is 0.115 e. The van der Waals surface area contributed by atoms with Gasteiger partial charge in [0.05, 0.1) is 0 Å². The molecule has 3 heteroatoms. The van der Waals surface area contributed by atoms with Gasteiger partial charge in [0.2, 0.25) is 0 Å². The van der Waals surface area contributed by atoms with Crippen LogP contribution in [0.2, 0.25) is 0 Å². The lowest BCUT2D eigenvalue weighted by molar-refractivity contribution is 0.469. The molecule has 80 valence electrons. The van der Waals surface area contributed by atoms with Crippen LogP contribution in [-0.4, -0.2) is 5.11 Å². The SMILES string of the molecule is CC(C)C[C@H](N)c1cccc(O)c1.Cl. The highest BCUT2D eigenvalue weighted by Crippen LogP contribution is 2.21. The maximum absolute atomic E-state index is 9.24. The summed E-state index contributed by atoms with van der Waals surface area (Å²) in [6.07, 6.45) is 0.948. The summed E-state index contributed by atoms with van der Waals surface area (Å²) >= 11 is 0. The zero-order chi connectivity index (χ0) is 9.84. The molecule has 0 amide bonds. The molecule has 1 aromatic rings. The van der Waals surface area contributed by atoms with Crippen molar-refractivity contribution in [2.24, 2.45) is 11.7 Å². The molecular formula is C11H18ClNO. The summed E-state index contributed by atoms with van der Waals surface area (Å²) in [5.41, 5.74) is 6.96. The number of rotatable bonds is 3. The minimum atomic E-state index is 0. The lowest BCUT2D eigenvalue weighted by atomic mass is 9.98. The Balaban J connectivity index is 0.00000169. The highest BCUT2D eigenvalue weighted by Gasteiger charge is 2.08. The number of benzene rings is 1. The van der Waals surface area contributed by atoms with E-state index in [0.717, 1.165) is 12.0 Å². The van der Waals surface area contributed by atoms with Gasteiger partial charge in [-0.3, -0.25) is 0 Å². The molecule has 1 rings (SSSR count). The molecule has 0 bridgehead atoms. The van der Waals surface area contributed by atoms with Crippen molar-refractivity contribution in [2.75, 3.05) is 0 Å². The van der Waals surface area contributed by atoms with Gasteiger partial charge in [0.1, 0.15) is 5.75 Å². The molecule has 14 heavy (non-hydrogen) atoms. The monoisotopic (exact) mass is 215 g/mol. The van der Waals surface area contributed by atoms with Crippen LogP contribution in [-0.2, 0) is 0 Å². The van der Waals surface area contributed by atoms with Gasteiger partial charge >= 0.3 is 0 Å². The number of hydrogen-bond donors (Lipinski definition) is 2. The predicted octanol–water partition coefficient (Wildman–Crippen LogP) is 2.86. The van der Waals surface area contributed by atoms with E-state index in [1.165, 1.54) is 0 Å². The number of aromatic hydroxyl groups is 1. The molecule has 0 aliphatic heterocycles. The summed E-state index contributed by atoms with van der Waals surface area (Å²) in [6, 6.07) is 7.20. The third-order valence-electron chi connectivity index (χ3n) is 2.02. The molecule has 1 atom stereocenters. The quantitative estimate of drug-likeness (QED) is 0.815. The Hall–Kier alpha value is -0.730. The largest absolute Gasteiger partial charge is 0.508 e. The van der Waals surface area contributed by atoms with Crippen molar-refractivity contribution in [3.63, 3.8) is 0 Å². The number of phenols is 1. The highest BCUT2D eigenvalue weighted by molar-refractivity contribution is 5.85. The third-order valence-corrected chi connectivity index (χ3v) is 2.02. The smallest absolute Gasteiger partial charge is 0.115 e. The van der Waals surface area contributed by atoms with Crippen LogP contribution >= 0.6 is 12.4 Å². The van der Waals surface area contributed by atoms with E-state index in [2.05, 4.69) is 13.8 Å². The fourth-order valence-electron chi connectivity index (χ4n) is 1.40. The van der Waals surface area contributed by atoms with Gasteiger partial charge in [-0.15, -0.1) is 12.4 Å². The molecule has 0 aromatic heterocycles. The van der Waals surface area contributed by atoms with E-state index < -0.39 is 0 Å². The van der Waals surface area contributed by atoms with Gasteiger partial charge in [0.15, 0.2) is 0 Å². The van der Waals surface area contributed by atoms with Crippen LogP contribution in [0.15, 0.2) is 24.3 Å². The second-order valence-corrected chi connectivity index (χ2v) is 3.83. The number of halogens is 1. The van der Waals surface area contributed by atoms with Crippen LogP contribution in [0.5, 0.6) is 5.75 Å². The second kappa shape index (κ2) is 5.89. The number of hydrogen-bond acceptors (Lipinski definition) is 2. The van der Waals surface area contributed by atoms with Crippen molar-refractivity contribution in [3.8, 4) is 5.75 Å². The molecule has 0 spiro atoms. The summed E-state index contributed by atoms with van der Waals surface area (Å²) in [5.74, 6) is 0.869. The number of nitrogens with two attached hydrogens (primary N) is 1. The van der Waals surface area contributed by atoms with Crippen LogP contribution in [0.4, 0.5) is 0 Å². The van der Waals surface area contributed by atoms with Gasteiger partial charge in [0.25, 0.3) is 0 Å². The first-order valence-corrected chi connectivity index (χ1v) is 4.64. The summed E-state index contributed by atoms with van der Waals surface area (Å²) in [5, 5.41) is 9.24. The molecule has 0 radical (unpaired) electrons. The lowest BCUT2D eigenvalue weighted by Crippen LogP contribution is -2.12. The summed E-state index contributed by atoms with van der Waals surface area (Å²) < 4.78 is 0. The molecule has 3 N–H and O–H groups in total. The Morgan fingerprint density at radius 3 is 2.50 bits per heavy atom. The molecule has 0 unspecified atom stereocenters. The van der Waals surface area contributed by atoms with E-state index in [1.807, 2.05) is 12.1 Å². The average molecular weight is 216 g/mol. The van der Waals surface area contributed by atoms with Gasteiger partial charge in [-0.1, -0.05) is 26.0 Å². The fourth-order valence-corrected chi connectivity index (χ4v) is 1.40. The van der Waals surface area contributed by atoms with E-state index in [4.69, 9.17) is 5.73 Å². The van der Waals surface area contributed by atoms with Gasteiger partial charge < -0.3 is 10.8 Å². The Morgan fingerprint density at radius 1 is 1.36 bits per heavy atom. The van der Waals surface area contributed by atoms with E-state index in [0.29, 0.717) is 5.92 Å². The van der Waals surface area contributed by atoms with Crippen molar-refractivity contribution >= 4 is 12.4 Å². The average Bonchev–Trinajstić information content (AvgIpc) is 2.03. The normalized spacial score (nSPS) is 12.3. The van der Waals surface area contributed by atoms with Crippen molar-refractivity contribution in [2.45, 2.75) is 26.3 Å². The highest BCUT2D eigenvalue weighted by atomic mass is 35.5. The van der Waals surface area contributed by atoms with Gasteiger partial charge in [-0.2, -0.15) is 0 Å². The molecule has 0 saturated heterocycles. The van der Waals surface area contributed by atoms with E-state index in [-0.39, 0.29) is 24.2 Å². The van der Waals surface area contributed by atoms with E-state index in [9.17, 15) is 5.11 Å². The van der Waals surface area contributed by atoms with Gasteiger partial charge in [-0.25, -0.2) is 0 Å². The Kier molecular flexibility index (Phi) is 5.58. The topological polar surface area (TPSA) is 46.2 Å². The maximum atomic E-state index is 9.24. The summed E-state index contributed by atoms with van der Waals surface area (Å²) in [4.78, 5) is 0. The van der Waals surface area contributed by atoms with E-state index >= 15 is 0 Å². The minimum absolute atomic E-state index is 0. The zero-order valence-electron chi connectivity index (χ0n) is 8.60.